The number of carbonyl (C=O) groups is 1. The van der Waals surface area contributed by atoms with Crippen molar-refractivity contribution in [3.8, 4) is 5.75 Å². The average Bonchev–Trinajstić information content (AvgIpc) is 2.43. The molecule has 0 fully saturated rings. The van der Waals surface area contributed by atoms with Crippen LogP contribution in [0.25, 0.3) is 10.9 Å². The largest absolute Gasteiger partial charge is 0.504 e. The standard InChI is InChI=1S/C13H14N2O4/c1-3-7-19-13(18)10-11(16)9-8(5-4-6-14-9)12(17)15(10)2/h4-6,16H,3,7H2,1-2H3. The smallest absolute Gasteiger partial charge is 0.359 e. The van der Waals surface area contributed by atoms with E-state index in [2.05, 4.69) is 4.98 Å². The van der Waals surface area contributed by atoms with Gasteiger partial charge in [0.25, 0.3) is 5.56 Å². The van der Waals surface area contributed by atoms with Gasteiger partial charge in [-0.1, -0.05) is 6.92 Å². The Kier molecular flexibility index (Phi) is 3.50. The fourth-order valence-corrected chi connectivity index (χ4v) is 1.82. The first-order valence-corrected chi connectivity index (χ1v) is 5.91. The summed E-state index contributed by atoms with van der Waals surface area (Å²) in [5, 5.41) is 10.4. The number of fused-ring (bicyclic) bond motifs is 1. The van der Waals surface area contributed by atoms with Gasteiger partial charge in [0.15, 0.2) is 11.4 Å². The molecule has 0 saturated heterocycles. The summed E-state index contributed by atoms with van der Waals surface area (Å²) < 4.78 is 6.04. The van der Waals surface area contributed by atoms with E-state index in [4.69, 9.17) is 4.74 Å². The highest BCUT2D eigenvalue weighted by Gasteiger charge is 2.21. The monoisotopic (exact) mass is 262 g/mol. The van der Waals surface area contributed by atoms with Crippen LogP contribution in [0.4, 0.5) is 0 Å². The Labute approximate surface area is 109 Å². The summed E-state index contributed by atoms with van der Waals surface area (Å²) >= 11 is 0. The molecule has 2 heterocycles. The molecule has 2 rings (SSSR count). The van der Waals surface area contributed by atoms with Crippen LogP contribution in [0, 0.1) is 0 Å². The van der Waals surface area contributed by atoms with Gasteiger partial charge in [0, 0.05) is 13.2 Å². The highest BCUT2D eigenvalue weighted by atomic mass is 16.5. The van der Waals surface area contributed by atoms with Gasteiger partial charge in [-0.2, -0.15) is 0 Å². The summed E-state index contributed by atoms with van der Waals surface area (Å²) in [5.41, 5.74) is -0.469. The average molecular weight is 262 g/mol. The second-order valence-corrected chi connectivity index (χ2v) is 4.10. The van der Waals surface area contributed by atoms with Crippen molar-refractivity contribution in [2.24, 2.45) is 7.05 Å². The second kappa shape index (κ2) is 5.09. The van der Waals surface area contributed by atoms with Crippen molar-refractivity contribution < 1.29 is 14.6 Å². The second-order valence-electron chi connectivity index (χ2n) is 4.10. The Hall–Kier alpha value is -2.37. The Balaban J connectivity index is 2.68. The number of rotatable bonds is 3. The molecule has 0 aliphatic carbocycles. The number of hydrogen-bond acceptors (Lipinski definition) is 5. The van der Waals surface area contributed by atoms with Crippen LogP contribution >= 0.6 is 0 Å². The van der Waals surface area contributed by atoms with E-state index in [9.17, 15) is 14.7 Å². The predicted octanol–water partition coefficient (Wildman–Crippen LogP) is 1.21. The number of aromatic nitrogens is 2. The summed E-state index contributed by atoms with van der Waals surface area (Å²) in [6.45, 7) is 2.08. The summed E-state index contributed by atoms with van der Waals surface area (Å²) in [6.07, 6.45) is 2.11. The van der Waals surface area contributed by atoms with E-state index in [1.807, 2.05) is 6.92 Å². The van der Waals surface area contributed by atoms with Gasteiger partial charge in [0.05, 0.1) is 12.0 Å². The van der Waals surface area contributed by atoms with Crippen LogP contribution in [0.1, 0.15) is 23.8 Å². The van der Waals surface area contributed by atoms with Crippen molar-refractivity contribution in [3.05, 3.63) is 34.4 Å². The van der Waals surface area contributed by atoms with Crippen LogP contribution in [-0.4, -0.2) is 27.2 Å². The normalized spacial score (nSPS) is 10.6. The van der Waals surface area contributed by atoms with Crippen molar-refractivity contribution >= 4 is 16.9 Å². The molecule has 0 aromatic carbocycles. The maximum absolute atomic E-state index is 12.1. The van der Waals surface area contributed by atoms with Gasteiger partial charge in [-0.15, -0.1) is 0 Å². The van der Waals surface area contributed by atoms with Crippen LogP contribution in [0.5, 0.6) is 5.75 Å². The zero-order valence-corrected chi connectivity index (χ0v) is 10.7. The zero-order valence-electron chi connectivity index (χ0n) is 10.7. The van der Waals surface area contributed by atoms with Crippen molar-refractivity contribution in [1.29, 1.82) is 0 Å². The molecule has 0 radical (unpaired) electrons. The molecule has 2 aromatic heterocycles. The van der Waals surface area contributed by atoms with E-state index in [0.717, 1.165) is 4.57 Å². The van der Waals surface area contributed by atoms with Gasteiger partial charge >= 0.3 is 5.97 Å². The molecule has 100 valence electrons. The third kappa shape index (κ3) is 2.16. The molecular weight excluding hydrogens is 248 g/mol. The molecule has 1 N–H and O–H groups in total. The van der Waals surface area contributed by atoms with E-state index >= 15 is 0 Å². The summed E-state index contributed by atoms with van der Waals surface area (Å²) in [4.78, 5) is 27.9. The first-order chi connectivity index (χ1) is 9.07. The molecule has 0 unspecified atom stereocenters. The van der Waals surface area contributed by atoms with E-state index in [1.165, 1.54) is 13.2 Å². The molecule has 0 amide bonds. The van der Waals surface area contributed by atoms with Crippen LogP contribution in [-0.2, 0) is 11.8 Å². The van der Waals surface area contributed by atoms with Gasteiger partial charge in [-0.25, -0.2) is 4.79 Å². The number of ether oxygens (including phenoxy) is 1. The van der Waals surface area contributed by atoms with E-state index in [1.54, 1.807) is 12.1 Å². The van der Waals surface area contributed by atoms with Crippen molar-refractivity contribution in [2.75, 3.05) is 6.61 Å². The predicted molar refractivity (Wildman–Crippen MR) is 69.2 cm³/mol. The molecule has 0 spiro atoms. The molecule has 6 nitrogen and oxygen atoms in total. The summed E-state index contributed by atoms with van der Waals surface area (Å²) in [5.74, 6) is -1.06. The van der Waals surface area contributed by atoms with E-state index in [0.29, 0.717) is 6.42 Å². The third-order valence-electron chi connectivity index (χ3n) is 2.76. The fraction of sp³-hybridized carbons (Fsp3) is 0.308. The lowest BCUT2D eigenvalue weighted by molar-refractivity contribution is 0.0489. The summed E-state index contributed by atoms with van der Waals surface area (Å²) in [7, 11) is 1.41. The molecule has 0 bridgehead atoms. The Morgan fingerprint density at radius 2 is 2.26 bits per heavy atom. The minimum absolute atomic E-state index is 0.106. The lowest BCUT2D eigenvalue weighted by Crippen LogP contribution is -2.25. The molecule has 0 aliphatic heterocycles. The Morgan fingerprint density at radius 1 is 1.53 bits per heavy atom. The van der Waals surface area contributed by atoms with E-state index in [-0.39, 0.29) is 29.0 Å². The van der Waals surface area contributed by atoms with Crippen LogP contribution in [0.15, 0.2) is 23.1 Å². The molecule has 0 saturated carbocycles. The molecule has 0 atom stereocenters. The summed E-state index contributed by atoms with van der Waals surface area (Å²) in [6, 6.07) is 3.14. The molecule has 19 heavy (non-hydrogen) atoms. The third-order valence-corrected chi connectivity index (χ3v) is 2.76. The number of esters is 1. The molecule has 2 aromatic rings. The van der Waals surface area contributed by atoms with Crippen LogP contribution in [0.3, 0.4) is 0 Å². The maximum atomic E-state index is 12.1. The van der Waals surface area contributed by atoms with E-state index < -0.39 is 11.5 Å². The fourth-order valence-electron chi connectivity index (χ4n) is 1.82. The Morgan fingerprint density at radius 3 is 2.95 bits per heavy atom. The van der Waals surface area contributed by atoms with Gasteiger partial charge in [-0.05, 0) is 18.6 Å². The molecule has 6 heteroatoms. The number of aromatic hydroxyl groups is 1. The first-order valence-electron chi connectivity index (χ1n) is 5.91. The number of hydrogen-bond donors (Lipinski definition) is 1. The Bertz CT molecular complexity index is 691. The maximum Gasteiger partial charge on any atom is 0.359 e. The van der Waals surface area contributed by atoms with Crippen molar-refractivity contribution in [1.82, 2.24) is 9.55 Å². The minimum Gasteiger partial charge on any atom is -0.504 e. The van der Waals surface area contributed by atoms with Gasteiger partial charge in [0.2, 0.25) is 0 Å². The first kappa shape index (κ1) is 13.1. The zero-order chi connectivity index (χ0) is 14.0. The minimum atomic E-state index is -0.730. The van der Waals surface area contributed by atoms with Crippen LogP contribution in [0.2, 0.25) is 0 Å². The topological polar surface area (TPSA) is 81.4 Å². The van der Waals surface area contributed by atoms with Crippen molar-refractivity contribution in [3.63, 3.8) is 0 Å². The molecule has 0 aliphatic rings. The van der Waals surface area contributed by atoms with Crippen molar-refractivity contribution in [2.45, 2.75) is 13.3 Å². The molecular formula is C13H14N2O4. The SMILES string of the molecule is CCCOC(=O)c1c(O)c2ncccc2c(=O)n1C. The lowest BCUT2D eigenvalue weighted by atomic mass is 10.2. The van der Waals surface area contributed by atoms with Gasteiger partial charge in [-0.3, -0.25) is 9.78 Å². The number of carbonyl (C=O) groups excluding carboxylic acids is 1. The number of nitrogens with zero attached hydrogens (tertiary/aromatic N) is 2. The van der Waals surface area contributed by atoms with Gasteiger partial charge in [0.1, 0.15) is 5.52 Å². The quantitative estimate of drug-likeness (QED) is 0.841. The highest BCUT2D eigenvalue weighted by molar-refractivity contribution is 5.97. The highest BCUT2D eigenvalue weighted by Crippen LogP contribution is 2.24. The van der Waals surface area contributed by atoms with Crippen LogP contribution < -0.4 is 5.56 Å². The van der Waals surface area contributed by atoms with Gasteiger partial charge < -0.3 is 14.4 Å². The lowest BCUT2D eigenvalue weighted by Gasteiger charge is -2.11. The number of pyridine rings is 2.